The molecule has 0 saturated carbocycles. The Balaban J connectivity index is 2.13. The first kappa shape index (κ1) is 11.4. The van der Waals surface area contributed by atoms with Crippen LogP contribution in [-0.2, 0) is 10.8 Å². The van der Waals surface area contributed by atoms with Gasteiger partial charge in [-0.1, -0.05) is 0 Å². The molecule has 0 amide bonds. The number of ether oxygens (including phenoxy) is 2. The van der Waals surface area contributed by atoms with E-state index in [1.54, 1.807) is 6.07 Å². The van der Waals surface area contributed by atoms with Crippen LogP contribution < -0.4 is 15.2 Å². The van der Waals surface area contributed by atoms with Crippen molar-refractivity contribution < 1.29 is 13.7 Å². The lowest BCUT2D eigenvalue weighted by Gasteiger charge is -2.18. The molecule has 16 heavy (non-hydrogen) atoms. The smallest absolute Gasteiger partial charge is 0.162 e. The van der Waals surface area contributed by atoms with Crippen molar-refractivity contribution in [3.63, 3.8) is 0 Å². The molecule has 1 unspecified atom stereocenters. The highest BCUT2D eigenvalue weighted by Gasteiger charge is 2.13. The van der Waals surface area contributed by atoms with Gasteiger partial charge in [0.2, 0.25) is 0 Å². The molecule has 2 N–H and O–H groups in total. The van der Waals surface area contributed by atoms with Gasteiger partial charge in [0.1, 0.15) is 13.2 Å². The van der Waals surface area contributed by atoms with E-state index < -0.39 is 10.8 Å². The van der Waals surface area contributed by atoms with Crippen LogP contribution in [0.15, 0.2) is 23.1 Å². The summed E-state index contributed by atoms with van der Waals surface area (Å²) in [7, 11) is -0.997. The van der Waals surface area contributed by atoms with Gasteiger partial charge >= 0.3 is 0 Å². The average Bonchev–Trinajstić information content (AvgIpc) is 2.35. The Morgan fingerprint density at radius 2 is 2.00 bits per heavy atom. The topological polar surface area (TPSA) is 61.6 Å². The molecule has 1 aromatic carbocycles. The Morgan fingerprint density at radius 3 is 2.75 bits per heavy atom. The van der Waals surface area contributed by atoms with E-state index in [0.717, 1.165) is 17.1 Å². The van der Waals surface area contributed by atoms with E-state index >= 15 is 0 Å². The van der Waals surface area contributed by atoms with Crippen molar-refractivity contribution in [3.05, 3.63) is 18.2 Å². The summed E-state index contributed by atoms with van der Waals surface area (Å²) < 4.78 is 22.7. The Kier molecular flexibility index (Phi) is 3.79. The minimum atomic E-state index is -0.997. The fourth-order valence-corrected chi connectivity index (χ4v) is 2.62. The van der Waals surface area contributed by atoms with Crippen molar-refractivity contribution >= 4 is 10.8 Å². The van der Waals surface area contributed by atoms with Gasteiger partial charge in [0.05, 0.1) is 10.8 Å². The molecule has 4 nitrogen and oxygen atoms in total. The monoisotopic (exact) mass is 241 g/mol. The summed E-state index contributed by atoms with van der Waals surface area (Å²) in [5.41, 5.74) is 5.39. The van der Waals surface area contributed by atoms with Crippen LogP contribution in [0.25, 0.3) is 0 Å². The van der Waals surface area contributed by atoms with Crippen molar-refractivity contribution in [1.29, 1.82) is 0 Å². The molecule has 0 spiro atoms. The second-order valence-corrected chi connectivity index (χ2v) is 5.07. The van der Waals surface area contributed by atoms with Gasteiger partial charge in [-0.3, -0.25) is 4.21 Å². The van der Waals surface area contributed by atoms with Gasteiger partial charge in [0.25, 0.3) is 0 Å². The molecule has 5 heteroatoms. The predicted octanol–water partition coefficient (Wildman–Crippen LogP) is 0.914. The molecule has 1 aliphatic heterocycles. The Bertz CT molecular complexity index is 395. The molecule has 0 aliphatic carbocycles. The van der Waals surface area contributed by atoms with Crippen molar-refractivity contribution in [2.45, 2.75) is 11.3 Å². The molecule has 1 atom stereocenters. The third-order valence-electron chi connectivity index (χ3n) is 2.31. The minimum Gasteiger partial charge on any atom is -0.486 e. The SMILES string of the molecule is NCCCS(=O)c1ccc2c(c1)OCCO2. The zero-order valence-corrected chi connectivity index (χ0v) is 9.79. The average molecular weight is 241 g/mol. The van der Waals surface area contributed by atoms with Gasteiger partial charge < -0.3 is 15.2 Å². The summed E-state index contributed by atoms with van der Waals surface area (Å²) >= 11 is 0. The quantitative estimate of drug-likeness (QED) is 0.851. The molecule has 1 heterocycles. The van der Waals surface area contributed by atoms with Crippen LogP contribution in [0.2, 0.25) is 0 Å². The molecule has 0 saturated heterocycles. The maximum absolute atomic E-state index is 11.8. The van der Waals surface area contributed by atoms with Gasteiger partial charge in [-0.2, -0.15) is 0 Å². The first-order chi connectivity index (χ1) is 7.81. The molecule has 1 aromatic rings. The number of rotatable bonds is 4. The number of benzene rings is 1. The maximum Gasteiger partial charge on any atom is 0.162 e. The lowest BCUT2D eigenvalue weighted by atomic mass is 10.3. The van der Waals surface area contributed by atoms with Crippen LogP contribution >= 0.6 is 0 Å². The highest BCUT2D eigenvalue weighted by atomic mass is 32.2. The molecular formula is C11H15NO3S. The molecule has 0 fully saturated rings. The van der Waals surface area contributed by atoms with Crippen molar-refractivity contribution in [2.24, 2.45) is 5.73 Å². The van der Waals surface area contributed by atoms with Crippen molar-refractivity contribution in [2.75, 3.05) is 25.5 Å². The summed E-state index contributed by atoms with van der Waals surface area (Å²) in [5.74, 6) is 2.01. The molecule has 2 rings (SSSR count). The van der Waals surface area contributed by atoms with Gasteiger partial charge in [0.15, 0.2) is 11.5 Å². The second-order valence-electron chi connectivity index (χ2n) is 3.50. The van der Waals surface area contributed by atoms with Crippen molar-refractivity contribution in [3.8, 4) is 11.5 Å². The molecular weight excluding hydrogens is 226 g/mol. The molecule has 1 aliphatic rings. The largest absolute Gasteiger partial charge is 0.486 e. The molecule has 88 valence electrons. The summed E-state index contributed by atoms with van der Waals surface area (Å²) in [4.78, 5) is 0.776. The summed E-state index contributed by atoms with van der Waals surface area (Å²) in [6.07, 6.45) is 0.765. The van der Waals surface area contributed by atoms with Gasteiger partial charge in [-0.25, -0.2) is 0 Å². The third kappa shape index (κ3) is 2.54. The molecule has 0 radical (unpaired) electrons. The zero-order valence-electron chi connectivity index (χ0n) is 8.98. The van der Waals surface area contributed by atoms with Gasteiger partial charge in [-0.05, 0) is 25.1 Å². The van der Waals surface area contributed by atoms with Gasteiger partial charge in [0, 0.05) is 16.7 Å². The summed E-state index contributed by atoms with van der Waals surface area (Å²) in [6.45, 7) is 1.69. The highest BCUT2D eigenvalue weighted by Crippen LogP contribution is 2.31. The van der Waals surface area contributed by atoms with E-state index in [1.807, 2.05) is 12.1 Å². The predicted molar refractivity (Wildman–Crippen MR) is 62.4 cm³/mol. The van der Waals surface area contributed by atoms with Crippen LogP contribution in [0.4, 0.5) is 0 Å². The maximum atomic E-state index is 11.8. The molecule has 0 bridgehead atoms. The zero-order chi connectivity index (χ0) is 11.4. The standard InChI is InChI=1S/C11H15NO3S/c12-4-1-7-16(13)9-2-3-10-11(8-9)15-6-5-14-10/h2-3,8H,1,4-7,12H2. The Labute approximate surface area is 97.2 Å². The summed E-state index contributed by atoms with van der Waals surface area (Å²) in [6, 6.07) is 5.42. The lowest BCUT2D eigenvalue weighted by Crippen LogP contribution is -2.15. The fraction of sp³-hybridized carbons (Fsp3) is 0.455. The number of nitrogens with two attached hydrogens (primary N) is 1. The normalized spacial score (nSPS) is 15.8. The first-order valence-corrected chi connectivity index (χ1v) is 6.61. The second kappa shape index (κ2) is 5.32. The van der Waals surface area contributed by atoms with E-state index in [2.05, 4.69) is 0 Å². The molecule has 0 aromatic heterocycles. The third-order valence-corrected chi connectivity index (χ3v) is 3.75. The van der Waals surface area contributed by atoms with Gasteiger partial charge in [-0.15, -0.1) is 0 Å². The van der Waals surface area contributed by atoms with Crippen LogP contribution in [0.1, 0.15) is 6.42 Å². The Morgan fingerprint density at radius 1 is 1.25 bits per heavy atom. The highest BCUT2D eigenvalue weighted by molar-refractivity contribution is 7.85. The fourth-order valence-electron chi connectivity index (χ4n) is 1.50. The Hall–Kier alpha value is -1.07. The number of fused-ring (bicyclic) bond motifs is 1. The lowest BCUT2D eigenvalue weighted by molar-refractivity contribution is 0.171. The van der Waals surface area contributed by atoms with E-state index in [4.69, 9.17) is 15.2 Å². The minimum absolute atomic E-state index is 0.548. The number of hydrogen-bond donors (Lipinski definition) is 1. The number of hydrogen-bond acceptors (Lipinski definition) is 4. The van der Waals surface area contributed by atoms with Crippen LogP contribution in [0.3, 0.4) is 0 Å². The van der Waals surface area contributed by atoms with Crippen LogP contribution in [0, 0.1) is 0 Å². The van der Waals surface area contributed by atoms with E-state index in [9.17, 15) is 4.21 Å². The van der Waals surface area contributed by atoms with E-state index in [0.29, 0.717) is 31.3 Å². The summed E-state index contributed by atoms with van der Waals surface area (Å²) in [5, 5.41) is 0. The van der Waals surface area contributed by atoms with E-state index in [1.165, 1.54) is 0 Å². The van der Waals surface area contributed by atoms with Crippen LogP contribution in [0.5, 0.6) is 11.5 Å². The van der Waals surface area contributed by atoms with Crippen molar-refractivity contribution in [1.82, 2.24) is 0 Å². The van der Waals surface area contributed by atoms with E-state index in [-0.39, 0.29) is 0 Å². The first-order valence-electron chi connectivity index (χ1n) is 5.29. The van der Waals surface area contributed by atoms with Crippen LogP contribution in [-0.4, -0.2) is 29.7 Å².